The molecule has 0 saturated carbocycles. The number of nitrogens with zero attached hydrogens (tertiary/aromatic N) is 3. The SMILES string of the molecule is Cc1cccc(C)c1N(CC(=O)NN=C1CCN(Cc2ccccc2)CC1)S(C)(=O)=O. The van der Waals surface area contributed by atoms with Crippen LogP contribution < -0.4 is 9.73 Å². The van der Waals surface area contributed by atoms with Gasteiger partial charge in [-0.1, -0.05) is 48.5 Å². The maximum atomic E-state index is 12.5. The molecule has 3 rings (SSSR count). The highest BCUT2D eigenvalue weighted by Gasteiger charge is 2.24. The summed E-state index contributed by atoms with van der Waals surface area (Å²) in [5.74, 6) is -0.452. The third-order valence-corrected chi connectivity index (χ3v) is 6.51. The van der Waals surface area contributed by atoms with E-state index in [1.165, 1.54) is 5.56 Å². The molecule has 0 radical (unpaired) electrons. The minimum atomic E-state index is -3.62. The lowest BCUT2D eigenvalue weighted by atomic mass is 10.1. The first kappa shape index (κ1) is 23.0. The molecule has 1 amide bonds. The number of nitrogens with one attached hydrogen (secondary N) is 1. The van der Waals surface area contributed by atoms with Gasteiger partial charge in [-0.25, -0.2) is 13.8 Å². The highest BCUT2D eigenvalue weighted by Crippen LogP contribution is 2.26. The summed E-state index contributed by atoms with van der Waals surface area (Å²) >= 11 is 0. The molecule has 2 aromatic carbocycles. The minimum Gasteiger partial charge on any atom is -0.298 e. The van der Waals surface area contributed by atoms with Gasteiger partial charge in [0.05, 0.1) is 11.9 Å². The van der Waals surface area contributed by atoms with Gasteiger partial charge in [-0.15, -0.1) is 0 Å². The zero-order valence-corrected chi connectivity index (χ0v) is 19.2. The number of para-hydroxylation sites is 1. The Morgan fingerprint density at radius 2 is 1.65 bits per heavy atom. The van der Waals surface area contributed by atoms with Gasteiger partial charge in [0, 0.05) is 38.2 Å². The number of likely N-dealkylation sites (tertiary alicyclic amines) is 1. The number of benzene rings is 2. The Morgan fingerprint density at radius 1 is 1.03 bits per heavy atom. The number of carbonyl (C=O) groups excluding carboxylic acids is 1. The van der Waals surface area contributed by atoms with Crippen molar-refractivity contribution in [3.05, 3.63) is 65.2 Å². The summed E-state index contributed by atoms with van der Waals surface area (Å²) in [5, 5.41) is 4.27. The number of sulfonamides is 1. The fraction of sp³-hybridized carbons (Fsp3) is 0.391. The molecule has 1 N–H and O–H groups in total. The van der Waals surface area contributed by atoms with Gasteiger partial charge in [0.25, 0.3) is 5.91 Å². The molecular formula is C23H30N4O3S. The summed E-state index contributed by atoms with van der Waals surface area (Å²) in [6.07, 6.45) is 2.67. The first-order chi connectivity index (χ1) is 14.7. The third-order valence-electron chi connectivity index (χ3n) is 5.40. The molecule has 0 aliphatic carbocycles. The Hall–Kier alpha value is -2.71. The van der Waals surface area contributed by atoms with Crippen LogP contribution in [0.5, 0.6) is 0 Å². The smallest absolute Gasteiger partial charge is 0.260 e. The normalized spacial score (nSPS) is 14.9. The summed E-state index contributed by atoms with van der Waals surface area (Å²) in [4.78, 5) is 14.9. The summed E-state index contributed by atoms with van der Waals surface area (Å²) in [7, 11) is -3.62. The van der Waals surface area contributed by atoms with E-state index in [4.69, 9.17) is 0 Å². The quantitative estimate of drug-likeness (QED) is 0.669. The van der Waals surface area contributed by atoms with E-state index in [2.05, 4.69) is 27.6 Å². The number of carbonyl (C=O) groups is 1. The average Bonchev–Trinajstić information content (AvgIpc) is 2.72. The van der Waals surface area contributed by atoms with Crippen LogP contribution in [0.15, 0.2) is 53.6 Å². The highest BCUT2D eigenvalue weighted by molar-refractivity contribution is 7.92. The van der Waals surface area contributed by atoms with Crippen molar-refractivity contribution in [1.29, 1.82) is 0 Å². The monoisotopic (exact) mass is 442 g/mol. The molecule has 31 heavy (non-hydrogen) atoms. The van der Waals surface area contributed by atoms with Gasteiger partial charge in [-0.3, -0.25) is 14.0 Å². The van der Waals surface area contributed by atoms with E-state index in [1.54, 1.807) is 0 Å². The molecule has 1 saturated heterocycles. The molecule has 166 valence electrons. The number of hydrogen-bond acceptors (Lipinski definition) is 5. The number of rotatable bonds is 7. The first-order valence-corrected chi connectivity index (χ1v) is 12.2. The van der Waals surface area contributed by atoms with Crippen molar-refractivity contribution >= 4 is 27.3 Å². The molecule has 2 aromatic rings. The highest BCUT2D eigenvalue weighted by atomic mass is 32.2. The minimum absolute atomic E-state index is 0.304. The van der Waals surface area contributed by atoms with Gasteiger partial charge in [-0.2, -0.15) is 5.10 Å². The van der Waals surface area contributed by atoms with Gasteiger partial charge in [-0.05, 0) is 30.5 Å². The zero-order chi connectivity index (χ0) is 22.4. The van der Waals surface area contributed by atoms with Gasteiger partial charge in [0.2, 0.25) is 10.0 Å². The largest absolute Gasteiger partial charge is 0.298 e. The van der Waals surface area contributed by atoms with Crippen molar-refractivity contribution in [3.8, 4) is 0 Å². The predicted molar refractivity (Wildman–Crippen MR) is 125 cm³/mol. The summed E-state index contributed by atoms with van der Waals surface area (Å²) in [6.45, 7) is 6.02. The summed E-state index contributed by atoms with van der Waals surface area (Å²) < 4.78 is 25.9. The van der Waals surface area contributed by atoms with Crippen molar-refractivity contribution < 1.29 is 13.2 Å². The molecule has 7 nitrogen and oxygen atoms in total. The molecule has 1 aliphatic rings. The lowest BCUT2D eigenvalue weighted by Crippen LogP contribution is -2.40. The van der Waals surface area contributed by atoms with Gasteiger partial charge in [0.15, 0.2) is 0 Å². The standard InChI is InChI=1S/C23H30N4O3S/c1-18-8-7-9-19(2)23(18)27(31(3,29)30)17-22(28)25-24-21-12-14-26(15-13-21)16-20-10-5-4-6-11-20/h4-11H,12-17H2,1-3H3,(H,25,28). The van der Waals surface area contributed by atoms with Gasteiger partial charge >= 0.3 is 0 Å². The molecule has 1 heterocycles. The van der Waals surface area contributed by atoms with Crippen LogP contribution in [-0.2, 0) is 21.4 Å². The Morgan fingerprint density at radius 3 is 2.23 bits per heavy atom. The van der Waals surface area contributed by atoms with E-state index < -0.39 is 15.9 Å². The van der Waals surface area contributed by atoms with Crippen LogP contribution in [-0.4, -0.2) is 50.8 Å². The van der Waals surface area contributed by atoms with Crippen molar-refractivity contribution in [2.75, 3.05) is 30.2 Å². The van der Waals surface area contributed by atoms with Crippen molar-refractivity contribution in [2.45, 2.75) is 33.2 Å². The lowest BCUT2D eigenvalue weighted by molar-refractivity contribution is -0.119. The second kappa shape index (κ2) is 10.1. The van der Waals surface area contributed by atoms with Crippen LogP contribution in [0.2, 0.25) is 0 Å². The molecule has 0 spiro atoms. The van der Waals surface area contributed by atoms with Crippen molar-refractivity contribution in [1.82, 2.24) is 10.3 Å². The van der Waals surface area contributed by atoms with E-state index in [0.717, 1.165) is 59.9 Å². The fourth-order valence-electron chi connectivity index (χ4n) is 3.79. The van der Waals surface area contributed by atoms with Crippen molar-refractivity contribution in [3.63, 3.8) is 0 Å². The van der Waals surface area contributed by atoms with Crippen LogP contribution in [0.25, 0.3) is 0 Å². The van der Waals surface area contributed by atoms with Crippen LogP contribution in [0.1, 0.15) is 29.5 Å². The molecule has 0 atom stereocenters. The second-order valence-electron chi connectivity index (χ2n) is 7.98. The summed E-state index contributed by atoms with van der Waals surface area (Å²) in [5.41, 5.74) is 6.91. The fourth-order valence-corrected chi connectivity index (χ4v) is 4.76. The molecule has 1 fully saturated rings. The van der Waals surface area contributed by atoms with E-state index in [9.17, 15) is 13.2 Å². The van der Waals surface area contributed by atoms with E-state index in [-0.39, 0.29) is 6.54 Å². The molecule has 0 unspecified atom stereocenters. The lowest BCUT2D eigenvalue weighted by Gasteiger charge is -2.27. The first-order valence-electron chi connectivity index (χ1n) is 10.4. The van der Waals surface area contributed by atoms with E-state index >= 15 is 0 Å². The number of hydrogen-bond donors (Lipinski definition) is 1. The van der Waals surface area contributed by atoms with Crippen LogP contribution >= 0.6 is 0 Å². The predicted octanol–water partition coefficient (Wildman–Crippen LogP) is 2.84. The molecule has 0 aromatic heterocycles. The van der Waals surface area contributed by atoms with Crippen LogP contribution in [0.3, 0.4) is 0 Å². The van der Waals surface area contributed by atoms with E-state index in [0.29, 0.717) is 5.69 Å². The summed E-state index contributed by atoms with van der Waals surface area (Å²) in [6, 6.07) is 15.9. The maximum Gasteiger partial charge on any atom is 0.260 e. The molecule has 8 heteroatoms. The molecule has 0 bridgehead atoms. The zero-order valence-electron chi connectivity index (χ0n) is 18.3. The Balaban J connectivity index is 1.58. The van der Waals surface area contributed by atoms with Crippen molar-refractivity contribution in [2.24, 2.45) is 5.10 Å². The Kier molecular flexibility index (Phi) is 7.46. The second-order valence-corrected chi connectivity index (χ2v) is 9.89. The number of hydrazone groups is 1. The molecule has 1 aliphatic heterocycles. The topological polar surface area (TPSA) is 82.1 Å². The third kappa shape index (κ3) is 6.38. The van der Waals surface area contributed by atoms with E-state index in [1.807, 2.05) is 50.2 Å². The number of piperidine rings is 1. The average molecular weight is 443 g/mol. The number of anilines is 1. The van der Waals surface area contributed by atoms with Crippen LogP contribution in [0.4, 0.5) is 5.69 Å². The van der Waals surface area contributed by atoms with Crippen LogP contribution in [0, 0.1) is 13.8 Å². The Labute approximate surface area is 184 Å². The molecular weight excluding hydrogens is 412 g/mol. The number of amides is 1. The van der Waals surface area contributed by atoms with Gasteiger partial charge < -0.3 is 0 Å². The maximum absolute atomic E-state index is 12.5. The van der Waals surface area contributed by atoms with Gasteiger partial charge in [0.1, 0.15) is 6.54 Å². The Bertz CT molecular complexity index is 1020. The number of aryl methyl sites for hydroxylation is 2.